The fourth-order valence-corrected chi connectivity index (χ4v) is 2.61. The van der Waals surface area contributed by atoms with Crippen LogP contribution in [0.5, 0.6) is 0 Å². The van der Waals surface area contributed by atoms with Crippen LogP contribution in [0, 0.1) is 6.92 Å². The van der Waals surface area contributed by atoms with E-state index >= 15 is 0 Å². The zero-order chi connectivity index (χ0) is 14.1. The van der Waals surface area contributed by atoms with Gasteiger partial charge in [0, 0.05) is 23.6 Å². The standard InChI is InChI=1S/C18H18N2/c1-3-13-7-16(11-20-10-13)14-4-5-18-12(2)6-17(19)9-15(18)8-14/h4-11H,3,19H2,1-2H3. The van der Waals surface area contributed by atoms with Gasteiger partial charge in [-0.25, -0.2) is 0 Å². The third kappa shape index (κ3) is 2.25. The first-order valence-electron chi connectivity index (χ1n) is 6.91. The summed E-state index contributed by atoms with van der Waals surface area (Å²) in [5.74, 6) is 0. The predicted octanol–water partition coefficient (Wildman–Crippen LogP) is 4.35. The molecule has 0 amide bonds. The molecule has 20 heavy (non-hydrogen) atoms. The summed E-state index contributed by atoms with van der Waals surface area (Å²) in [6.07, 6.45) is 4.84. The Balaban J connectivity index is 2.17. The van der Waals surface area contributed by atoms with Crippen LogP contribution in [0.3, 0.4) is 0 Å². The van der Waals surface area contributed by atoms with Gasteiger partial charge in [-0.15, -0.1) is 0 Å². The van der Waals surface area contributed by atoms with Crippen molar-refractivity contribution in [2.45, 2.75) is 20.3 Å². The molecule has 0 atom stereocenters. The lowest BCUT2D eigenvalue weighted by Gasteiger charge is -2.08. The number of rotatable bonds is 2. The molecule has 0 saturated carbocycles. The molecule has 3 rings (SSSR count). The van der Waals surface area contributed by atoms with Gasteiger partial charge in [0.05, 0.1) is 0 Å². The van der Waals surface area contributed by atoms with Crippen molar-refractivity contribution < 1.29 is 0 Å². The second-order valence-corrected chi connectivity index (χ2v) is 5.21. The van der Waals surface area contributed by atoms with Crippen LogP contribution in [0.15, 0.2) is 48.8 Å². The molecule has 0 bridgehead atoms. The van der Waals surface area contributed by atoms with E-state index in [4.69, 9.17) is 5.73 Å². The first-order valence-corrected chi connectivity index (χ1v) is 6.91. The van der Waals surface area contributed by atoms with Gasteiger partial charge >= 0.3 is 0 Å². The highest BCUT2D eigenvalue weighted by Gasteiger charge is 2.04. The van der Waals surface area contributed by atoms with Crippen molar-refractivity contribution in [3.8, 4) is 11.1 Å². The molecule has 2 nitrogen and oxygen atoms in total. The molecule has 0 saturated heterocycles. The lowest BCUT2D eigenvalue weighted by Crippen LogP contribution is -1.89. The minimum atomic E-state index is 0.813. The van der Waals surface area contributed by atoms with E-state index in [-0.39, 0.29) is 0 Å². The molecule has 0 fully saturated rings. The van der Waals surface area contributed by atoms with Crippen LogP contribution < -0.4 is 5.73 Å². The summed E-state index contributed by atoms with van der Waals surface area (Å²) in [7, 11) is 0. The first kappa shape index (κ1) is 12.7. The maximum absolute atomic E-state index is 5.95. The first-order chi connectivity index (χ1) is 9.67. The molecule has 2 heteroatoms. The number of nitrogens with two attached hydrogens (primary N) is 1. The minimum absolute atomic E-state index is 0.813. The number of anilines is 1. The van der Waals surface area contributed by atoms with E-state index in [1.807, 2.05) is 24.5 Å². The number of nitrogen functional groups attached to an aromatic ring is 1. The average molecular weight is 262 g/mol. The third-order valence-electron chi connectivity index (χ3n) is 3.72. The topological polar surface area (TPSA) is 38.9 Å². The van der Waals surface area contributed by atoms with Gasteiger partial charge in [-0.1, -0.05) is 19.1 Å². The molecule has 0 unspecified atom stereocenters. The number of fused-ring (bicyclic) bond motifs is 1. The summed E-state index contributed by atoms with van der Waals surface area (Å²) in [6, 6.07) is 12.8. The van der Waals surface area contributed by atoms with E-state index in [0.717, 1.165) is 17.7 Å². The van der Waals surface area contributed by atoms with Crippen LogP contribution in [-0.2, 0) is 6.42 Å². The van der Waals surface area contributed by atoms with Crippen molar-refractivity contribution in [1.29, 1.82) is 0 Å². The molecule has 0 aliphatic heterocycles. The number of aryl methyl sites for hydroxylation is 2. The fraction of sp³-hybridized carbons (Fsp3) is 0.167. The van der Waals surface area contributed by atoms with E-state index in [1.165, 1.54) is 27.5 Å². The Labute approximate surface area is 119 Å². The Hall–Kier alpha value is -2.35. The normalized spacial score (nSPS) is 10.9. The molecule has 100 valence electrons. The monoisotopic (exact) mass is 262 g/mol. The molecular formula is C18H18N2. The Morgan fingerprint density at radius 2 is 1.85 bits per heavy atom. The van der Waals surface area contributed by atoms with Crippen LogP contribution >= 0.6 is 0 Å². The van der Waals surface area contributed by atoms with Crippen LogP contribution in [0.2, 0.25) is 0 Å². The highest BCUT2D eigenvalue weighted by atomic mass is 14.6. The molecule has 2 aromatic carbocycles. The minimum Gasteiger partial charge on any atom is -0.399 e. The number of aromatic nitrogens is 1. The summed E-state index contributed by atoms with van der Waals surface area (Å²) < 4.78 is 0. The molecule has 2 N–H and O–H groups in total. The molecule has 0 spiro atoms. The molecule has 0 aliphatic rings. The Morgan fingerprint density at radius 3 is 2.65 bits per heavy atom. The smallest absolute Gasteiger partial charge is 0.0346 e. The number of hydrogen-bond donors (Lipinski definition) is 1. The molecule has 1 aromatic heterocycles. The fourth-order valence-electron chi connectivity index (χ4n) is 2.61. The van der Waals surface area contributed by atoms with Crippen LogP contribution in [0.25, 0.3) is 21.9 Å². The molecule has 3 aromatic rings. The SMILES string of the molecule is CCc1cncc(-c2ccc3c(C)cc(N)cc3c2)c1. The van der Waals surface area contributed by atoms with Crippen molar-refractivity contribution in [2.24, 2.45) is 0 Å². The van der Waals surface area contributed by atoms with Crippen LogP contribution in [0.4, 0.5) is 5.69 Å². The average Bonchev–Trinajstić information content (AvgIpc) is 2.46. The van der Waals surface area contributed by atoms with Crippen LogP contribution in [-0.4, -0.2) is 4.98 Å². The quantitative estimate of drug-likeness (QED) is 0.697. The number of hydrogen-bond acceptors (Lipinski definition) is 2. The Morgan fingerprint density at radius 1 is 1.00 bits per heavy atom. The van der Waals surface area contributed by atoms with Crippen molar-refractivity contribution in [3.63, 3.8) is 0 Å². The predicted molar refractivity (Wildman–Crippen MR) is 85.7 cm³/mol. The summed E-state index contributed by atoms with van der Waals surface area (Å²) in [6.45, 7) is 4.24. The molecule has 0 aliphatic carbocycles. The van der Waals surface area contributed by atoms with Gasteiger partial charge in [0.15, 0.2) is 0 Å². The molecule has 0 radical (unpaired) electrons. The van der Waals surface area contributed by atoms with Gasteiger partial charge in [0.25, 0.3) is 0 Å². The van der Waals surface area contributed by atoms with Gasteiger partial charge in [0.2, 0.25) is 0 Å². The van der Waals surface area contributed by atoms with Crippen molar-refractivity contribution in [2.75, 3.05) is 5.73 Å². The van der Waals surface area contributed by atoms with Crippen molar-refractivity contribution in [1.82, 2.24) is 4.98 Å². The summed E-state index contributed by atoms with van der Waals surface area (Å²) in [4.78, 5) is 4.32. The zero-order valence-corrected chi connectivity index (χ0v) is 11.9. The summed E-state index contributed by atoms with van der Waals surface area (Å²) >= 11 is 0. The second-order valence-electron chi connectivity index (χ2n) is 5.21. The van der Waals surface area contributed by atoms with E-state index < -0.39 is 0 Å². The van der Waals surface area contributed by atoms with Gasteiger partial charge in [-0.3, -0.25) is 4.98 Å². The number of nitrogens with zero attached hydrogens (tertiary/aromatic N) is 1. The maximum atomic E-state index is 5.95. The third-order valence-corrected chi connectivity index (χ3v) is 3.72. The maximum Gasteiger partial charge on any atom is 0.0346 e. The van der Waals surface area contributed by atoms with Gasteiger partial charge in [-0.2, -0.15) is 0 Å². The second kappa shape index (κ2) is 4.97. The van der Waals surface area contributed by atoms with E-state index in [1.54, 1.807) is 0 Å². The van der Waals surface area contributed by atoms with Gasteiger partial charge in [-0.05, 0) is 65.1 Å². The lowest BCUT2D eigenvalue weighted by molar-refractivity contribution is 1.10. The number of pyridine rings is 1. The number of benzene rings is 2. The zero-order valence-electron chi connectivity index (χ0n) is 11.9. The summed E-state index contributed by atoms with van der Waals surface area (Å²) in [5.41, 5.74) is 11.6. The van der Waals surface area contributed by atoms with E-state index in [2.05, 4.69) is 43.1 Å². The Bertz CT molecular complexity index is 775. The lowest BCUT2D eigenvalue weighted by atomic mass is 9.98. The molecule has 1 heterocycles. The van der Waals surface area contributed by atoms with Gasteiger partial charge < -0.3 is 5.73 Å². The van der Waals surface area contributed by atoms with Crippen molar-refractivity contribution >= 4 is 16.5 Å². The highest BCUT2D eigenvalue weighted by Crippen LogP contribution is 2.28. The summed E-state index contributed by atoms with van der Waals surface area (Å²) in [5, 5.41) is 2.43. The molecular weight excluding hydrogens is 244 g/mol. The largest absolute Gasteiger partial charge is 0.399 e. The van der Waals surface area contributed by atoms with Crippen LogP contribution in [0.1, 0.15) is 18.1 Å². The highest BCUT2D eigenvalue weighted by molar-refractivity contribution is 5.91. The van der Waals surface area contributed by atoms with Gasteiger partial charge in [0.1, 0.15) is 0 Å². The van der Waals surface area contributed by atoms with E-state index in [0.29, 0.717) is 0 Å². The van der Waals surface area contributed by atoms with E-state index in [9.17, 15) is 0 Å². The van der Waals surface area contributed by atoms with Crippen molar-refractivity contribution in [3.05, 3.63) is 59.9 Å². The Kier molecular flexibility index (Phi) is 3.15.